The monoisotopic (exact) mass is 405 g/mol. The van der Waals surface area contributed by atoms with Gasteiger partial charge in [-0.25, -0.2) is 8.42 Å². The summed E-state index contributed by atoms with van der Waals surface area (Å²) in [5, 5.41) is 0. The number of rotatable bonds is 8. The Morgan fingerprint density at radius 2 is 1.64 bits per heavy atom. The van der Waals surface area contributed by atoms with E-state index in [1.54, 1.807) is 16.4 Å². The first-order valence-electron chi connectivity index (χ1n) is 9.38. The van der Waals surface area contributed by atoms with Crippen LogP contribution >= 0.6 is 0 Å². The SMILES string of the molecule is COc1ccc(S(=O)(=O)N2CCC(COCc3ccccc3)CC2)cc1OC. The van der Waals surface area contributed by atoms with Crippen molar-refractivity contribution in [1.29, 1.82) is 0 Å². The van der Waals surface area contributed by atoms with Crippen LogP contribution in [0.15, 0.2) is 53.4 Å². The van der Waals surface area contributed by atoms with E-state index in [4.69, 9.17) is 14.2 Å². The van der Waals surface area contributed by atoms with E-state index in [1.807, 2.05) is 30.3 Å². The maximum atomic E-state index is 13.0. The van der Waals surface area contributed by atoms with Crippen LogP contribution in [0.3, 0.4) is 0 Å². The first-order chi connectivity index (χ1) is 13.5. The van der Waals surface area contributed by atoms with Crippen molar-refractivity contribution in [3.05, 3.63) is 54.1 Å². The second-order valence-electron chi connectivity index (χ2n) is 6.86. The van der Waals surface area contributed by atoms with E-state index in [0.717, 1.165) is 18.4 Å². The Hall–Kier alpha value is -2.09. The average molecular weight is 406 g/mol. The van der Waals surface area contributed by atoms with E-state index >= 15 is 0 Å². The second-order valence-corrected chi connectivity index (χ2v) is 8.80. The molecule has 0 bridgehead atoms. The molecule has 2 aromatic carbocycles. The number of piperidine rings is 1. The maximum Gasteiger partial charge on any atom is 0.243 e. The molecule has 6 nitrogen and oxygen atoms in total. The molecule has 0 amide bonds. The lowest BCUT2D eigenvalue weighted by atomic mass is 9.99. The zero-order valence-electron chi connectivity index (χ0n) is 16.3. The third-order valence-corrected chi connectivity index (χ3v) is 6.93. The normalized spacial score (nSPS) is 16.1. The van der Waals surface area contributed by atoms with Crippen molar-refractivity contribution < 1.29 is 22.6 Å². The van der Waals surface area contributed by atoms with Crippen molar-refractivity contribution in [3.8, 4) is 11.5 Å². The minimum atomic E-state index is -3.55. The summed E-state index contributed by atoms with van der Waals surface area (Å²) in [5.74, 6) is 1.30. The summed E-state index contributed by atoms with van der Waals surface area (Å²) in [6.45, 7) is 2.23. The molecule has 28 heavy (non-hydrogen) atoms. The molecular weight excluding hydrogens is 378 g/mol. The Bertz CT molecular complexity index is 862. The molecule has 152 valence electrons. The molecule has 1 saturated heterocycles. The molecule has 0 aliphatic carbocycles. The summed E-state index contributed by atoms with van der Waals surface area (Å²) in [6, 6.07) is 14.8. The Balaban J connectivity index is 1.55. The minimum absolute atomic E-state index is 0.226. The van der Waals surface area contributed by atoms with Crippen LogP contribution < -0.4 is 9.47 Å². The highest BCUT2D eigenvalue weighted by molar-refractivity contribution is 7.89. The number of methoxy groups -OCH3 is 2. The Morgan fingerprint density at radius 1 is 0.964 bits per heavy atom. The number of nitrogens with zero attached hydrogens (tertiary/aromatic N) is 1. The molecule has 0 unspecified atom stereocenters. The summed E-state index contributed by atoms with van der Waals surface area (Å²) in [5.41, 5.74) is 1.15. The molecule has 1 aliphatic heterocycles. The van der Waals surface area contributed by atoms with Gasteiger partial charge in [0.1, 0.15) is 0 Å². The Morgan fingerprint density at radius 3 is 2.29 bits per heavy atom. The van der Waals surface area contributed by atoms with E-state index in [1.165, 1.54) is 20.3 Å². The van der Waals surface area contributed by atoms with Gasteiger partial charge in [-0.05, 0) is 36.5 Å². The molecule has 1 heterocycles. The number of sulfonamides is 1. The largest absolute Gasteiger partial charge is 0.493 e. The fourth-order valence-corrected chi connectivity index (χ4v) is 4.85. The molecule has 0 radical (unpaired) electrons. The van der Waals surface area contributed by atoms with Gasteiger partial charge >= 0.3 is 0 Å². The second kappa shape index (κ2) is 9.41. The van der Waals surface area contributed by atoms with E-state index in [2.05, 4.69) is 0 Å². The molecule has 2 aromatic rings. The van der Waals surface area contributed by atoms with Crippen LogP contribution in [0.2, 0.25) is 0 Å². The highest BCUT2D eigenvalue weighted by Gasteiger charge is 2.30. The molecule has 1 aliphatic rings. The van der Waals surface area contributed by atoms with Gasteiger partial charge < -0.3 is 14.2 Å². The van der Waals surface area contributed by atoms with Gasteiger partial charge in [-0.3, -0.25) is 0 Å². The smallest absolute Gasteiger partial charge is 0.243 e. The predicted octanol–water partition coefficient (Wildman–Crippen LogP) is 3.32. The molecule has 7 heteroatoms. The molecular formula is C21H27NO5S. The lowest BCUT2D eigenvalue weighted by Gasteiger charge is -2.31. The lowest BCUT2D eigenvalue weighted by molar-refractivity contribution is 0.0688. The van der Waals surface area contributed by atoms with Crippen LogP contribution in [0.1, 0.15) is 18.4 Å². The summed E-state index contributed by atoms with van der Waals surface area (Å²) >= 11 is 0. The first-order valence-corrected chi connectivity index (χ1v) is 10.8. The Labute approximate surface area is 167 Å². The molecule has 1 fully saturated rings. The van der Waals surface area contributed by atoms with Gasteiger partial charge in [0.05, 0.1) is 25.7 Å². The molecule has 3 rings (SSSR count). The third kappa shape index (κ3) is 4.84. The highest BCUT2D eigenvalue weighted by atomic mass is 32.2. The Kier molecular flexibility index (Phi) is 6.93. The van der Waals surface area contributed by atoms with Gasteiger partial charge in [0.2, 0.25) is 10.0 Å². The molecule has 0 saturated carbocycles. The van der Waals surface area contributed by atoms with Crippen LogP contribution in [0, 0.1) is 5.92 Å². The van der Waals surface area contributed by atoms with Crippen molar-refractivity contribution >= 4 is 10.0 Å². The van der Waals surface area contributed by atoms with Gasteiger partial charge in [0.15, 0.2) is 11.5 Å². The van der Waals surface area contributed by atoms with Gasteiger partial charge in [-0.2, -0.15) is 4.31 Å². The van der Waals surface area contributed by atoms with Crippen molar-refractivity contribution in [2.75, 3.05) is 33.9 Å². The van der Waals surface area contributed by atoms with Crippen LogP contribution in [-0.2, 0) is 21.4 Å². The molecule has 0 aromatic heterocycles. The van der Waals surface area contributed by atoms with Crippen LogP contribution in [0.25, 0.3) is 0 Å². The van der Waals surface area contributed by atoms with Gasteiger partial charge in [-0.1, -0.05) is 30.3 Å². The number of hydrogen-bond donors (Lipinski definition) is 0. The van der Waals surface area contributed by atoms with Crippen LogP contribution in [-0.4, -0.2) is 46.6 Å². The fourth-order valence-electron chi connectivity index (χ4n) is 3.36. The summed E-state index contributed by atoms with van der Waals surface area (Å²) < 4.78 is 43.7. The zero-order chi connectivity index (χ0) is 20.0. The summed E-state index contributed by atoms with van der Waals surface area (Å²) in [4.78, 5) is 0.226. The first kappa shape index (κ1) is 20.6. The van der Waals surface area contributed by atoms with Crippen molar-refractivity contribution in [1.82, 2.24) is 4.31 Å². The van der Waals surface area contributed by atoms with E-state index < -0.39 is 10.0 Å². The van der Waals surface area contributed by atoms with E-state index in [-0.39, 0.29) is 4.90 Å². The van der Waals surface area contributed by atoms with Crippen LogP contribution in [0.5, 0.6) is 11.5 Å². The summed E-state index contributed by atoms with van der Waals surface area (Å²) in [7, 11) is -0.530. The fraction of sp³-hybridized carbons (Fsp3) is 0.429. The van der Waals surface area contributed by atoms with E-state index in [0.29, 0.717) is 43.7 Å². The highest BCUT2D eigenvalue weighted by Crippen LogP contribution is 2.32. The maximum absolute atomic E-state index is 13.0. The molecule has 0 atom stereocenters. The molecule has 0 spiro atoms. The van der Waals surface area contributed by atoms with Crippen LogP contribution in [0.4, 0.5) is 0 Å². The van der Waals surface area contributed by atoms with Crippen molar-refractivity contribution in [2.45, 2.75) is 24.3 Å². The van der Waals surface area contributed by atoms with Gasteiger partial charge in [0, 0.05) is 25.8 Å². The minimum Gasteiger partial charge on any atom is -0.493 e. The number of ether oxygens (including phenoxy) is 3. The number of benzene rings is 2. The van der Waals surface area contributed by atoms with Crippen molar-refractivity contribution in [3.63, 3.8) is 0 Å². The third-order valence-electron chi connectivity index (χ3n) is 5.03. The van der Waals surface area contributed by atoms with Gasteiger partial charge in [0.25, 0.3) is 0 Å². The van der Waals surface area contributed by atoms with E-state index in [9.17, 15) is 8.42 Å². The topological polar surface area (TPSA) is 65.1 Å². The molecule has 0 N–H and O–H groups in total. The number of hydrogen-bond acceptors (Lipinski definition) is 5. The predicted molar refractivity (Wildman–Crippen MR) is 107 cm³/mol. The zero-order valence-corrected chi connectivity index (χ0v) is 17.2. The van der Waals surface area contributed by atoms with Gasteiger partial charge in [-0.15, -0.1) is 0 Å². The lowest BCUT2D eigenvalue weighted by Crippen LogP contribution is -2.39. The standard InChI is InChI=1S/C21H27NO5S/c1-25-20-9-8-19(14-21(20)26-2)28(23,24)22-12-10-18(11-13-22)16-27-15-17-6-4-3-5-7-17/h3-9,14,18H,10-13,15-16H2,1-2H3. The quantitative estimate of drug-likeness (QED) is 0.674. The van der Waals surface area contributed by atoms with Crippen molar-refractivity contribution in [2.24, 2.45) is 5.92 Å². The summed E-state index contributed by atoms with van der Waals surface area (Å²) in [6.07, 6.45) is 1.59. The average Bonchev–Trinajstić information content (AvgIpc) is 2.74.